The zero-order valence-electron chi connectivity index (χ0n) is 23.7. The average Bonchev–Trinajstić information content (AvgIpc) is 3.40. The number of nitrogens with zero attached hydrogens (tertiary/aromatic N) is 5. The van der Waals surface area contributed by atoms with Gasteiger partial charge in [0.15, 0.2) is 0 Å². The van der Waals surface area contributed by atoms with Crippen LogP contribution in [0.25, 0.3) is 0 Å². The Kier molecular flexibility index (Phi) is 8.85. The highest BCUT2D eigenvalue weighted by atomic mass is 35.5. The number of benzene rings is 2. The summed E-state index contributed by atoms with van der Waals surface area (Å²) in [5.74, 6) is 0.243. The average molecular weight is 615 g/mol. The Balaban J connectivity index is 1.29. The molecule has 2 aromatic heterocycles. The van der Waals surface area contributed by atoms with Crippen molar-refractivity contribution in [2.45, 2.75) is 26.6 Å². The number of hydrogen-bond donors (Lipinski definition) is 3. The Morgan fingerprint density at radius 1 is 1.02 bits per heavy atom. The van der Waals surface area contributed by atoms with E-state index in [4.69, 9.17) is 16.0 Å². The summed E-state index contributed by atoms with van der Waals surface area (Å²) in [5.41, 5.74) is 0.990. The van der Waals surface area contributed by atoms with Crippen LogP contribution < -0.4 is 16.0 Å². The molecular weight excluding hydrogens is 585 g/mol. The normalized spacial score (nSPS) is 14.5. The molecule has 3 heterocycles. The minimum Gasteiger partial charge on any atom is -0.418 e. The van der Waals surface area contributed by atoms with E-state index in [0.717, 1.165) is 24.7 Å². The molecule has 1 amide bonds. The fraction of sp³-hybridized carbons (Fsp3) is 0.310. The Hall–Kier alpha value is -4.20. The minimum atomic E-state index is -4.52. The lowest BCUT2D eigenvalue weighted by Gasteiger charge is -2.33. The number of piperazine rings is 1. The molecule has 0 aliphatic carbocycles. The third kappa shape index (κ3) is 7.61. The zero-order chi connectivity index (χ0) is 30.7. The Labute approximate surface area is 251 Å². The van der Waals surface area contributed by atoms with E-state index in [1.54, 1.807) is 25.1 Å². The maximum Gasteiger partial charge on any atom is 0.416 e. The van der Waals surface area contributed by atoms with Gasteiger partial charge in [0.1, 0.15) is 17.5 Å². The quantitative estimate of drug-likeness (QED) is 0.212. The first-order valence-corrected chi connectivity index (χ1v) is 13.9. The van der Waals surface area contributed by atoms with Crippen LogP contribution in [0.15, 0.2) is 53.1 Å². The van der Waals surface area contributed by atoms with Crippen molar-refractivity contribution >= 4 is 46.5 Å². The van der Waals surface area contributed by atoms with Gasteiger partial charge in [-0.1, -0.05) is 29.8 Å². The van der Waals surface area contributed by atoms with Gasteiger partial charge in [-0.05, 0) is 50.2 Å². The molecule has 2 aromatic carbocycles. The van der Waals surface area contributed by atoms with Gasteiger partial charge in [0.2, 0.25) is 5.76 Å². The van der Waals surface area contributed by atoms with E-state index in [1.165, 1.54) is 18.3 Å². The SMILES string of the molecule is Cc1nc(Nc2ccc(CN3CCN(C)CC3)c(C(F)(F)F)c2)cc(Nc2ncc(C(=O)Nc3c(C)cccc3Cl)o2)n1. The fourth-order valence-electron chi connectivity index (χ4n) is 4.66. The van der Waals surface area contributed by atoms with Gasteiger partial charge in [0.05, 0.1) is 22.5 Å². The molecule has 0 saturated carbocycles. The van der Waals surface area contributed by atoms with E-state index < -0.39 is 17.6 Å². The highest BCUT2D eigenvalue weighted by Crippen LogP contribution is 2.35. The largest absolute Gasteiger partial charge is 0.418 e. The van der Waals surface area contributed by atoms with Crippen molar-refractivity contribution in [2.24, 2.45) is 0 Å². The molecule has 1 saturated heterocycles. The van der Waals surface area contributed by atoms with Crippen molar-refractivity contribution in [2.75, 3.05) is 49.2 Å². The van der Waals surface area contributed by atoms with Gasteiger partial charge in [0.25, 0.3) is 5.91 Å². The number of aryl methyl sites for hydroxylation is 2. The van der Waals surface area contributed by atoms with Crippen LogP contribution in [0.5, 0.6) is 0 Å². The van der Waals surface area contributed by atoms with Crippen molar-refractivity contribution in [1.82, 2.24) is 24.8 Å². The van der Waals surface area contributed by atoms with Crippen molar-refractivity contribution < 1.29 is 22.4 Å². The molecule has 14 heteroatoms. The van der Waals surface area contributed by atoms with Gasteiger partial charge in [0, 0.05) is 44.5 Å². The molecule has 1 aliphatic rings. The van der Waals surface area contributed by atoms with Gasteiger partial charge in [-0.2, -0.15) is 13.2 Å². The van der Waals surface area contributed by atoms with Crippen LogP contribution in [0.4, 0.5) is 42.2 Å². The second-order valence-corrected chi connectivity index (χ2v) is 10.7. The number of alkyl halides is 3. The standard InChI is InChI=1S/C29H30ClF3N8O2/c1-17-5-4-6-22(30)26(17)39-27(42)23-15-34-28(43-23)38-25-14-24(35-18(2)36-25)37-20-8-7-19(21(13-20)29(31,32)33)16-41-11-9-40(3)10-12-41/h4-8,13-15H,9-12,16H2,1-3H3,(H,39,42)(H2,34,35,36,37,38). The zero-order valence-corrected chi connectivity index (χ0v) is 24.5. The van der Waals surface area contributed by atoms with Crippen molar-refractivity contribution in [3.05, 3.63) is 82.0 Å². The van der Waals surface area contributed by atoms with Crippen LogP contribution >= 0.6 is 11.6 Å². The van der Waals surface area contributed by atoms with E-state index in [9.17, 15) is 18.0 Å². The van der Waals surface area contributed by atoms with E-state index in [0.29, 0.717) is 29.6 Å². The summed E-state index contributed by atoms with van der Waals surface area (Å²) in [6.07, 6.45) is -3.27. The third-order valence-electron chi connectivity index (χ3n) is 6.94. The van der Waals surface area contributed by atoms with Crippen molar-refractivity contribution in [3.8, 4) is 0 Å². The molecule has 0 spiro atoms. The van der Waals surface area contributed by atoms with Crippen LogP contribution in [0.3, 0.4) is 0 Å². The van der Waals surface area contributed by atoms with E-state index >= 15 is 0 Å². The molecule has 43 heavy (non-hydrogen) atoms. The smallest absolute Gasteiger partial charge is 0.416 e. The van der Waals surface area contributed by atoms with Gasteiger partial charge >= 0.3 is 12.2 Å². The van der Waals surface area contributed by atoms with Crippen LogP contribution in [-0.4, -0.2) is 63.9 Å². The minimum absolute atomic E-state index is 0.0160. The molecule has 0 bridgehead atoms. The number of carbonyl (C=O) groups excluding carboxylic acids is 1. The lowest BCUT2D eigenvalue weighted by Crippen LogP contribution is -2.44. The first kappa shape index (κ1) is 30.3. The van der Waals surface area contributed by atoms with Gasteiger partial charge in [-0.25, -0.2) is 15.0 Å². The Morgan fingerprint density at radius 2 is 1.74 bits per heavy atom. The van der Waals surface area contributed by atoms with Gasteiger partial charge < -0.3 is 20.0 Å². The summed E-state index contributed by atoms with van der Waals surface area (Å²) in [6.45, 7) is 6.71. The first-order valence-electron chi connectivity index (χ1n) is 13.5. The summed E-state index contributed by atoms with van der Waals surface area (Å²) >= 11 is 6.19. The lowest BCUT2D eigenvalue weighted by molar-refractivity contribution is -0.138. The Morgan fingerprint density at radius 3 is 2.44 bits per heavy atom. The van der Waals surface area contributed by atoms with Crippen LogP contribution in [0, 0.1) is 13.8 Å². The predicted octanol–water partition coefficient (Wildman–Crippen LogP) is 6.24. The van der Waals surface area contributed by atoms with Gasteiger partial charge in [-0.15, -0.1) is 0 Å². The van der Waals surface area contributed by atoms with Crippen molar-refractivity contribution in [1.29, 1.82) is 0 Å². The number of aromatic nitrogens is 3. The number of para-hydroxylation sites is 1. The number of oxazole rings is 1. The van der Waals surface area contributed by atoms with Crippen LogP contribution in [-0.2, 0) is 12.7 Å². The maximum absolute atomic E-state index is 14.0. The number of hydrogen-bond acceptors (Lipinski definition) is 9. The molecule has 3 N–H and O–H groups in total. The molecule has 0 radical (unpaired) electrons. The molecule has 0 atom stereocenters. The summed E-state index contributed by atoms with van der Waals surface area (Å²) in [5, 5.41) is 8.90. The van der Waals surface area contributed by atoms with Crippen LogP contribution in [0.1, 0.15) is 33.1 Å². The number of carbonyl (C=O) groups is 1. The maximum atomic E-state index is 14.0. The van der Waals surface area contributed by atoms with Crippen LogP contribution in [0.2, 0.25) is 5.02 Å². The molecule has 0 unspecified atom stereocenters. The summed E-state index contributed by atoms with van der Waals surface area (Å²) in [4.78, 5) is 29.5. The molecule has 4 aromatic rings. The lowest BCUT2D eigenvalue weighted by atomic mass is 10.0. The number of likely N-dealkylation sites (N-methyl/N-ethyl adjacent to an activating group) is 1. The number of nitrogens with one attached hydrogen (secondary N) is 3. The topological polar surface area (TPSA) is 111 Å². The fourth-order valence-corrected chi connectivity index (χ4v) is 4.93. The Bertz CT molecular complexity index is 1600. The first-order chi connectivity index (χ1) is 20.4. The highest BCUT2D eigenvalue weighted by molar-refractivity contribution is 6.34. The number of amides is 1. The summed E-state index contributed by atoms with van der Waals surface area (Å²) < 4.78 is 47.6. The second kappa shape index (κ2) is 12.6. The second-order valence-electron chi connectivity index (χ2n) is 10.3. The third-order valence-corrected chi connectivity index (χ3v) is 7.26. The summed E-state index contributed by atoms with van der Waals surface area (Å²) in [6, 6.07) is 10.9. The molecule has 1 aliphatic heterocycles. The van der Waals surface area contributed by atoms with Crippen molar-refractivity contribution in [3.63, 3.8) is 0 Å². The molecule has 10 nitrogen and oxygen atoms in total. The monoisotopic (exact) mass is 614 g/mol. The molecular formula is C29H30ClF3N8O2. The van der Waals surface area contributed by atoms with E-state index in [-0.39, 0.29) is 41.2 Å². The molecule has 1 fully saturated rings. The molecule has 5 rings (SSSR count). The predicted molar refractivity (Wildman–Crippen MR) is 158 cm³/mol. The summed E-state index contributed by atoms with van der Waals surface area (Å²) in [7, 11) is 2.00. The number of rotatable bonds is 8. The highest BCUT2D eigenvalue weighted by Gasteiger charge is 2.34. The van der Waals surface area contributed by atoms with Gasteiger partial charge in [-0.3, -0.25) is 15.0 Å². The molecule has 226 valence electrons. The number of halogens is 4. The van der Waals surface area contributed by atoms with E-state index in [2.05, 4.69) is 35.8 Å². The number of anilines is 5. The van der Waals surface area contributed by atoms with E-state index in [1.807, 2.05) is 24.9 Å².